The fourth-order valence-corrected chi connectivity index (χ4v) is 2.60. The van der Waals surface area contributed by atoms with E-state index in [1.807, 2.05) is 31.2 Å². The molecule has 1 aliphatic carbocycles. The number of benzene rings is 1. The van der Waals surface area contributed by atoms with Gasteiger partial charge >= 0.3 is 0 Å². The minimum Gasteiger partial charge on any atom is -0.497 e. The zero-order valence-electron chi connectivity index (χ0n) is 12.9. The van der Waals surface area contributed by atoms with Gasteiger partial charge in [-0.1, -0.05) is 13.8 Å². The second-order valence-electron chi connectivity index (χ2n) is 6.09. The van der Waals surface area contributed by atoms with Crippen molar-refractivity contribution < 1.29 is 9.53 Å². The van der Waals surface area contributed by atoms with Crippen molar-refractivity contribution in [1.29, 1.82) is 0 Å². The lowest BCUT2D eigenvalue weighted by molar-refractivity contribution is 0.0807. The number of nitrogens with zero attached hydrogens (tertiary/aromatic N) is 1. The first-order valence-corrected chi connectivity index (χ1v) is 7.47. The standard InChI is InChI=1S/C17H25NO2/c1-12(2)11-18(15-7-8-15)13(3)17(19)14-5-9-16(20-4)10-6-14/h5-6,9-10,12-13,15H,7-8,11H2,1-4H3. The summed E-state index contributed by atoms with van der Waals surface area (Å²) in [6.07, 6.45) is 2.46. The summed E-state index contributed by atoms with van der Waals surface area (Å²) in [4.78, 5) is 15.0. The molecule has 0 aliphatic heterocycles. The number of ketones is 1. The highest BCUT2D eigenvalue weighted by Crippen LogP contribution is 2.30. The van der Waals surface area contributed by atoms with Crippen LogP contribution in [0.25, 0.3) is 0 Å². The Morgan fingerprint density at radius 2 is 1.85 bits per heavy atom. The first-order valence-electron chi connectivity index (χ1n) is 7.47. The Kier molecular flexibility index (Phi) is 4.81. The number of hydrogen-bond acceptors (Lipinski definition) is 3. The topological polar surface area (TPSA) is 29.5 Å². The molecule has 0 amide bonds. The summed E-state index contributed by atoms with van der Waals surface area (Å²) < 4.78 is 5.14. The zero-order chi connectivity index (χ0) is 14.7. The van der Waals surface area contributed by atoms with Crippen molar-refractivity contribution in [2.75, 3.05) is 13.7 Å². The first kappa shape index (κ1) is 15.0. The molecule has 1 aromatic carbocycles. The molecule has 0 N–H and O–H groups in total. The molecule has 1 atom stereocenters. The molecule has 1 fully saturated rings. The van der Waals surface area contributed by atoms with Crippen LogP contribution in [0.5, 0.6) is 5.75 Å². The number of hydrogen-bond donors (Lipinski definition) is 0. The molecular weight excluding hydrogens is 250 g/mol. The third kappa shape index (κ3) is 3.60. The average Bonchev–Trinajstić information content (AvgIpc) is 3.27. The molecule has 0 heterocycles. The number of methoxy groups -OCH3 is 1. The van der Waals surface area contributed by atoms with Crippen LogP contribution in [0.15, 0.2) is 24.3 Å². The Hall–Kier alpha value is -1.35. The third-order valence-electron chi connectivity index (χ3n) is 3.84. The number of Topliss-reactive ketones (excluding diaryl/α,β-unsaturated/α-hetero) is 1. The van der Waals surface area contributed by atoms with Crippen LogP contribution >= 0.6 is 0 Å². The van der Waals surface area contributed by atoms with Gasteiger partial charge in [0.25, 0.3) is 0 Å². The van der Waals surface area contributed by atoms with E-state index >= 15 is 0 Å². The molecule has 0 saturated heterocycles. The van der Waals surface area contributed by atoms with Gasteiger partial charge in [0.15, 0.2) is 5.78 Å². The van der Waals surface area contributed by atoms with Crippen molar-refractivity contribution in [3.05, 3.63) is 29.8 Å². The molecule has 1 unspecified atom stereocenters. The molecule has 110 valence electrons. The summed E-state index contributed by atoms with van der Waals surface area (Å²) in [7, 11) is 1.64. The minimum absolute atomic E-state index is 0.0432. The maximum absolute atomic E-state index is 12.6. The number of carbonyl (C=O) groups excluding carboxylic acids is 1. The SMILES string of the molecule is COc1ccc(C(=O)C(C)N(CC(C)C)C2CC2)cc1. The summed E-state index contributed by atoms with van der Waals surface area (Å²) >= 11 is 0. The monoisotopic (exact) mass is 275 g/mol. The molecule has 3 nitrogen and oxygen atoms in total. The van der Waals surface area contributed by atoms with Gasteiger partial charge in [0.05, 0.1) is 13.2 Å². The summed E-state index contributed by atoms with van der Waals surface area (Å²) in [5, 5.41) is 0. The second-order valence-corrected chi connectivity index (χ2v) is 6.09. The normalized spacial score (nSPS) is 16.5. The van der Waals surface area contributed by atoms with Crippen LogP contribution in [0.1, 0.15) is 44.0 Å². The Balaban J connectivity index is 2.08. The smallest absolute Gasteiger partial charge is 0.179 e. The molecule has 0 radical (unpaired) electrons. The highest BCUT2D eigenvalue weighted by molar-refractivity contribution is 6.00. The molecule has 2 rings (SSSR count). The van der Waals surface area contributed by atoms with Crippen LogP contribution in [-0.2, 0) is 0 Å². The van der Waals surface area contributed by atoms with Gasteiger partial charge in [-0.3, -0.25) is 9.69 Å². The fourth-order valence-electron chi connectivity index (χ4n) is 2.60. The summed E-state index contributed by atoms with van der Waals surface area (Å²) in [5.74, 6) is 1.58. The predicted molar refractivity (Wildman–Crippen MR) is 81.4 cm³/mol. The van der Waals surface area contributed by atoms with Gasteiger partial charge in [0.1, 0.15) is 5.75 Å². The first-order chi connectivity index (χ1) is 9.52. The van der Waals surface area contributed by atoms with E-state index in [1.54, 1.807) is 7.11 Å². The van der Waals surface area contributed by atoms with Crippen LogP contribution in [0.3, 0.4) is 0 Å². The van der Waals surface area contributed by atoms with Crippen molar-refractivity contribution in [1.82, 2.24) is 4.90 Å². The zero-order valence-corrected chi connectivity index (χ0v) is 12.9. The highest BCUT2D eigenvalue weighted by atomic mass is 16.5. The molecule has 20 heavy (non-hydrogen) atoms. The summed E-state index contributed by atoms with van der Waals surface area (Å²) in [6.45, 7) is 7.45. The Morgan fingerprint density at radius 3 is 2.30 bits per heavy atom. The summed E-state index contributed by atoms with van der Waals surface area (Å²) in [5.41, 5.74) is 0.771. The van der Waals surface area contributed by atoms with Crippen molar-refractivity contribution in [2.45, 2.75) is 45.7 Å². The van der Waals surface area contributed by atoms with Crippen molar-refractivity contribution in [3.8, 4) is 5.75 Å². The fraction of sp³-hybridized carbons (Fsp3) is 0.588. The summed E-state index contributed by atoms with van der Waals surface area (Å²) in [6, 6.07) is 7.98. The molecule has 0 bridgehead atoms. The van der Waals surface area contributed by atoms with Gasteiger partial charge in [0, 0.05) is 18.2 Å². The van der Waals surface area contributed by atoms with Crippen molar-refractivity contribution in [2.24, 2.45) is 5.92 Å². The van der Waals surface area contributed by atoms with Crippen LogP contribution in [0, 0.1) is 5.92 Å². The van der Waals surface area contributed by atoms with E-state index in [9.17, 15) is 4.79 Å². The Bertz CT molecular complexity index is 449. The van der Waals surface area contributed by atoms with E-state index in [-0.39, 0.29) is 11.8 Å². The predicted octanol–water partition coefficient (Wildman–Crippen LogP) is 3.39. The van der Waals surface area contributed by atoms with E-state index < -0.39 is 0 Å². The van der Waals surface area contributed by atoms with E-state index in [0.717, 1.165) is 17.9 Å². The maximum Gasteiger partial charge on any atom is 0.179 e. The molecular formula is C17H25NO2. The highest BCUT2D eigenvalue weighted by Gasteiger charge is 2.35. The van der Waals surface area contributed by atoms with E-state index in [0.29, 0.717) is 12.0 Å². The molecule has 0 aromatic heterocycles. The van der Waals surface area contributed by atoms with Crippen LogP contribution in [-0.4, -0.2) is 36.4 Å². The molecule has 0 spiro atoms. The van der Waals surface area contributed by atoms with Crippen LogP contribution in [0.2, 0.25) is 0 Å². The van der Waals surface area contributed by atoms with Gasteiger partial charge in [-0.2, -0.15) is 0 Å². The number of carbonyl (C=O) groups is 1. The quantitative estimate of drug-likeness (QED) is 0.714. The molecule has 3 heteroatoms. The van der Waals surface area contributed by atoms with Crippen molar-refractivity contribution in [3.63, 3.8) is 0 Å². The lowest BCUT2D eigenvalue weighted by atomic mass is 10.0. The Labute approximate surface area is 121 Å². The number of rotatable bonds is 7. The van der Waals surface area contributed by atoms with Gasteiger partial charge in [-0.05, 0) is 49.9 Å². The molecule has 1 saturated carbocycles. The van der Waals surface area contributed by atoms with Gasteiger partial charge in [-0.25, -0.2) is 0 Å². The van der Waals surface area contributed by atoms with E-state index in [4.69, 9.17) is 4.74 Å². The van der Waals surface area contributed by atoms with Gasteiger partial charge in [0.2, 0.25) is 0 Å². The Morgan fingerprint density at radius 1 is 1.25 bits per heavy atom. The van der Waals surface area contributed by atoms with Crippen LogP contribution < -0.4 is 4.74 Å². The van der Waals surface area contributed by atoms with E-state index in [1.165, 1.54) is 12.8 Å². The lowest BCUT2D eigenvalue weighted by Gasteiger charge is -2.29. The van der Waals surface area contributed by atoms with Crippen molar-refractivity contribution >= 4 is 5.78 Å². The molecule has 1 aromatic rings. The van der Waals surface area contributed by atoms with Crippen LogP contribution in [0.4, 0.5) is 0 Å². The van der Waals surface area contributed by atoms with E-state index in [2.05, 4.69) is 18.7 Å². The second kappa shape index (κ2) is 6.40. The van der Waals surface area contributed by atoms with Gasteiger partial charge in [-0.15, -0.1) is 0 Å². The van der Waals surface area contributed by atoms with Gasteiger partial charge < -0.3 is 4.74 Å². The number of ether oxygens (including phenoxy) is 1. The minimum atomic E-state index is -0.0432. The average molecular weight is 275 g/mol. The maximum atomic E-state index is 12.6. The largest absolute Gasteiger partial charge is 0.497 e. The third-order valence-corrected chi connectivity index (χ3v) is 3.84. The lowest BCUT2D eigenvalue weighted by Crippen LogP contribution is -2.42. The molecule has 1 aliphatic rings.